The molecule has 11 N–H and O–H groups in total. The number of ether oxygens (including phenoxy) is 8. The molecule has 9 rings (SSSR count). The van der Waals surface area contributed by atoms with Gasteiger partial charge in [0.1, 0.15) is 61.0 Å². The van der Waals surface area contributed by atoms with Gasteiger partial charge in [-0.25, -0.2) is 0 Å². The zero-order valence-corrected chi connectivity index (χ0v) is 41.2. The molecule has 0 unspecified atom stereocenters. The standard InChI is InChI=1S/C49H80O20/c1-21(52)63-37-30(55)23(54)19-62-42(37)67-28-10-12-49-20-48(49)14-13-45(6)38(47(8)11-9-29(68-47)44(4,5)69-41-36(61)34(59)32(57)26(18-51)66-41)22(53)16-46(45,7)27(48)15-24(39(49)43(28,2)3)64-40-35(60)33(58)31(56)25(17-50)65-40/h22-42,50-51,53-61H,9-20H2,1-8H3/t22-,23+,24-,25+,26+,27-,28-,29-,30-,31+,32+,33-,34-,35+,36+,37+,38-,39-,40+,41-,42-,45+,46-,47+,48-,49+/m0/s1. The Morgan fingerprint density at radius 2 is 1.29 bits per heavy atom. The number of aliphatic hydroxyl groups is 11. The molecular weight excluding hydrogens is 909 g/mol. The fourth-order valence-electron chi connectivity index (χ4n) is 16.7. The smallest absolute Gasteiger partial charge is 0.303 e. The Labute approximate surface area is 403 Å². The van der Waals surface area contributed by atoms with Crippen LogP contribution in [0.3, 0.4) is 0 Å². The summed E-state index contributed by atoms with van der Waals surface area (Å²) in [5, 5.41) is 119. The van der Waals surface area contributed by atoms with E-state index in [1.54, 1.807) is 0 Å². The van der Waals surface area contributed by atoms with Gasteiger partial charge in [-0.3, -0.25) is 4.79 Å². The fourth-order valence-corrected chi connectivity index (χ4v) is 16.7. The maximum absolute atomic E-state index is 12.6. The highest BCUT2D eigenvalue weighted by molar-refractivity contribution is 5.66. The number of rotatable bonds is 11. The van der Waals surface area contributed by atoms with Gasteiger partial charge < -0.3 is 94.1 Å². The molecule has 2 spiro atoms. The van der Waals surface area contributed by atoms with E-state index in [0.29, 0.717) is 38.5 Å². The molecule has 69 heavy (non-hydrogen) atoms. The van der Waals surface area contributed by atoms with E-state index < -0.39 is 157 Å². The molecule has 4 aliphatic heterocycles. The highest BCUT2D eigenvalue weighted by Gasteiger charge is 2.85. The molecule has 9 fully saturated rings. The third-order valence-corrected chi connectivity index (χ3v) is 20.2. The van der Waals surface area contributed by atoms with Crippen molar-refractivity contribution in [2.75, 3.05) is 19.8 Å². The Morgan fingerprint density at radius 3 is 1.91 bits per heavy atom. The van der Waals surface area contributed by atoms with Gasteiger partial charge in [-0.2, -0.15) is 0 Å². The summed E-state index contributed by atoms with van der Waals surface area (Å²) in [7, 11) is 0. The van der Waals surface area contributed by atoms with Crippen LogP contribution in [0.2, 0.25) is 0 Å². The van der Waals surface area contributed by atoms with Gasteiger partial charge in [0.25, 0.3) is 0 Å². The number of esters is 1. The van der Waals surface area contributed by atoms with E-state index in [4.69, 9.17) is 37.9 Å². The summed E-state index contributed by atoms with van der Waals surface area (Å²) in [4.78, 5) is 12.2. The Balaban J connectivity index is 1.01. The second kappa shape index (κ2) is 18.0. The predicted molar refractivity (Wildman–Crippen MR) is 236 cm³/mol. The van der Waals surface area contributed by atoms with E-state index in [2.05, 4.69) is 34.6 Å². The lowest BCUT2D eigenvalue weighted by molar-refractivity contribution is -0.339. The van der Waals surface area contributed by atoms with Crippen molar-refractivity contribution in [3.63, 3.8) is 0 Å². The normalized spacial score (nSPS) is 55.8. The van der Waals surface area contributed by atoms with E-state index >= 15 is 0 Å². The van der Waals surface area contributed by atoms with Crippen LogP contribution in [0.25, 0.3) is 0 Å². The summed E-state index contributed by atoms with van der Waals surface area (Å²) >= 11 is 0. The summed E-state index contributed by atoms with van der Waals surface area (Å²) in [6, 6.07) is 0. The number of carbonyl (C=O) groups excluding carboxylic acids is 1. The lowest BCUT2D eigenvalue weighted by Gasteiger charge is -2.65. The van der Waals surface area contributed by atoms with Gasteiger partial charge in [-0.1, -0.05) is 27.7 Å². The van der Waals surface area contributed by atoms with Crippen molar-refractivity contribution in [3.8, 4) is 0 Å². The van der Waals surface area contributed by atoms with Crippen LogP contribution in [0.15, 0.2) is 0 Å². The molecule has 9 aliphatic rings. The van der Waals surface area contributed by atoms with Crippen LogP contribution in [0.4, 0.5) is 0 Å². The highest BCUT2D eigenvalue weighted by Crippen LogP contribution is 2.89. The first-order chi connectivity index (χ1) is 32.2. The monoisotopic (exact) mass is 989 g/mol. The summed E-state index contributed by atoms with van der Waals surface area (Å²) in [5.74, 6) is -1.27. The molecule has 0 aromatic heterocycles. The summed E-state index contributed by atoms with van der Waals surface area (Å²) in [5.41, 5.74) is -4.05. The summed E-state index contributed by atoms with van der Waals surface area (Å²) < 4.78 is 50.2. The van der Waals surface area contributed by atoms with Gasteiger partial charge in [-0.15, -0.1) is 0 Å². The first kappa shape index (κ1) is 52.6. The molecule has 26 atom stereocenters. The van der Waals surface area contributed by atoms with Crippen LogP contribution >= 0.6 is 0 Å². The minimum Gasteiger partial charge on any atom is -0.454 e. The zero-order valence-electron chi connectivity index (χ0n) is 41.2. The molecular formula is C49H80O20. The molecule has 4 heterocycles. The van der Waals surface area contributed by atoms with Crippen molar-refractivity contribution in [1.29, 1.82) is 0 Å². The first-order valence-electron chi connectivity index (χ1n) is 25.3. The van der Waals surface area contributed by atoms with Gasteiger partial charge in [0.2, 0.25) is 0 Å². The minimum atomic E-state index is -1.66. The Hall–Kier alpha value is -1.25. The van der Waals surface area contributed by atoms with Crippen molar-refractivity contribution in [2.45, 2.75) is 235 Å². The molecule has 396 valence electrons. The number of fused-ring (bicyclic) bond motifs is 2. The van der Waals surface area contributed by atoms with Crippen LogP contribution in [0, 0.1) is 44.8 Å². The quantitative estimate of drug-likeness (QED) is 0.0885. The number of hydrogen-bond donors (Lipinski definition) is 11. The van der Waals surface area contributed by atoms with Crippen molar-refractivity contribution >= 4 is 5.97 Å². The molecule has 5 saturated carbocycles. The van der Waals surface area contributed by atoms with Crippen molar-refractivity contribution in [1.82, 2.24) is 0 Å². The Kier molecular flexibility index (Phi) is 13.7. The maximum Gasteiger partial charge on any atom is 0.303 e. The van der Waals surface area contributed by atoms with Gasteiger partial charge in [0, 0.05) is 12.8 Å². The molecule has 20 heteroatoms. The minimum absolute atomic E-state index is 0.0128. The Bertz CT molecular complexity index is 1890. The predicted octanol–water partition coefficient (Wildman–Crippen LogP) is -0.881. The number of aliphatic hydroxyl groups excluding tert-OH is 11. The van der Waals surface area contributed by atoms with Crippen LogP contribution < -0.4 is 0 Å². The fraction of sp³-hybridized carbons (Fsp3) is 0.980. The lowest BCUT2D eigenvalue weighted by Crippen LogP contribution is -2.65. The largest absolute Gasteiger partial charge is 0.454 e. The third-order valence-electron chi connectivity index (χ3n) is 20.2. The van der Waals surface area contributed by atoms with Crippen LogP contribution in [-0.2, 0) is 42.7 Å². The molecule has 0 amide bonds. The highest BCUT2D eigenvalue weighted by atomic mass is 16.7. The maximum atomic E-state index is 12.6. The van der Waals surface area contributed by atoms with Crippen LogP contribution in [0.5, 0.6) is 0 Å². The summed E-state index contributed by atoms with van der Waals surface area (Å²) in [6.45, 7) is 14.2. The van der Waals surface area contributed by atoms with E-state index in [0.717, 1.165) is 19.3 Å². The van der Waals surface area contributed by atoms with E-state index in [-0.39, 0.29) is 35.2 Å². The molecule has 0 radical (unpaired) electrons. The molecule has 4 saturated heterocycles. The van der Waals surface area contributed by atoms with Crippen LogP contribution in [-0.4, -0.2) is 204 Å². The van der Waals surface area contributed by atoms with Gasteiger partial charge >= 0.3 is 5.97 Å². The van der Waals surface area contributed by atoms with Gasteiger partial charge in [0.05, 0.1) is 55.4 Å². The SMILES string of the molecule is CC(=O)O[C@H]1[C@H](O[C@H]2CC[C@]34C[C@]35CC[C@]3(C)[C@@H]([C@@]6(C)CC[C@@H](C(C)(C)O[C@@H]7O[C@H](CO)[C@@H](O)[C@H](O)[C@H]7O)O6)[C@@H](O)C[C@@]3(C)[C@@H]5C[C@H](O[C@@H]3O[C@H](CO)[C@@H](O)[C@H](O)[C@H]3O)[C@H]4C2(C)C)OC[C@@H](O)[C@@H]1O. The van der Waals surface area contributed by atoms with Crippen LogP contribution in [0.1, 0.15) is 113 Å². The van der Waals surface area contributed by atoms with Crippen molar-refractivity contribution in [3.05, 3.63) is 0 Å². The third kappa shape index (κ3) is 7.94. The molecule has 20 nitrogen and oxygen atoms in total. The van der Waals surface area contributed by atoms with Gasteiger partial charge in [-0.05, 0) is 117 Å². The number of hydrogen-bond acceptors (Lipinski definition) is 20. The van der Waals surface area contributed by atoms with Crippen molar-refractivity contribution < 1.29 is 98.9 Å². The number of carbonyl (C=O) groups is 1. The molecule has 0 aromatic carbocycles. The van der Waals surface area contributed by atoms with E-state index in [1.807, 2.05) is 13.8 Å². The zero-order chi connectivity index (χ0) is 50.3. The van der Waals surface area contributed by atoms with Crippen molar-refractivity contribution in [2.24, 2.45) is 44.8 Å². The Morgan fingerprint density at radius 1 is 0.667 bits per heavy atom. The average Bonchev–Trinajstić information content (AvgIpc) is 3.65. The van der Waals surface area contributed by atoms with Gasteiger partial charge in [0.15, 0.2) is 25.0 Å². The first-order valence-corrected chi connectivity index (χ1v) is 25.3. The second-order valence-corrected chi connectivity index (χ2v) is 24.4. The topological polar surface area (TPSA) is 313 Å². The molecule has 0 aromatic rings. The second-order valence-electron chi connectivity index (χ2n) is 24.4. The molecule has 5 aliphatic carbocycles. The lowest BCUT2D eigenvalue weighted by atomic mass is 9.41. The average molecular weight is 989 g/mol. The molecule has 0 bridgehead atoms. The van der Waals surface area contributed by atoms with E-state index in [1.165, 1.54) is 6.92 Å². The summed E-state index contributed by atoms with van der Waals surface area (Å²) in [6.07, 6.45) is -16.5. The van der Waals surface area contributed by atoms with E-state index in [9.17, 15) is 61.0 Å².